The standard InChI is InChI=1S/C20H18ClN5O/c1-11(2)26-19-16(10-23-26)15(8-18(25-19)12-3-4-12)20(27)24-14-5-6-17(21)13(7-14)9-22/h5-8,10-12H,3-4H2,1-2H3,(H,24,27). The number of hydrogen-bond donors (Lipinski definition) is 1. The van der Waals surface area contributed by atoms with E-state index >= 15 is 0 Å². The fourth-order valence-corrected chi connectivity index (χ4v) is 3.24. The predicted molar refractivity (Wildman–Crippen MR) is 104 cm³/mol. The molecule has 136 valence electrons. The van der Waals surface area contributed by atoms with E-state index in [1.807, 2.05) is 30.7 Å². The van der Waals surface area contributed by atoms with E-state index in [0.717, 1.165) is 29.6 Å². The van der Waals surface area contributed by atoms with Crippen LogP contribution in [0.5, 0.6) is 0 Å². The Morgan fingerprint density at radius 2 is 2.15 bits per heavy atom. The van der Waals surface area contributed by atoms with Gasteiger partial charge in [-0.15, -0.1) is 0 Å². The van der Waals surface area contributed by atoms with E-state index in [9.17, 15) is 4.79 Å². The molecule has 1 fully saturated rings. The van der Waals surface area contributed by atoms with Crippen LogP contribution < -0.4 is 5.32 Å². The summed E-state index contributed by atoms with van der Waals surface area (Å²) in [7, 11) is 0. The zero-order chi connectivity index (χ0) is 19.1. The monoisotopic (exact) mass is 379 g/mol. The lowest BCUT2D eigenvalue weighted by atomic mass is 10.1. The molecule has 27 heavy (non-hydrogen) atoms. The molecule has 1 aliphatic carbocycles. The number of nitriles is 1. The van der Waals surface area contributed by atoms with Gasteiger partial charge in [0.1, 0.15) is 6.07 Å². The Balaban J connectivity index is 1.76. The number of amides is 1. The van der Waals surface area contributed by atoms with E-state index in [1.165, 1.54) is 0 Å². The third-order valence-electron chi connectivity index (χ3n) is 4.66. The summed E-state index contributed by atoms with van der Waals surface area (Å²) in [5.74, 6) is 0.163. The number of carbonyl (C=O) groups excluding carboxylic acids is 1. The number of nitrogens with one attached hydrogen (secondary N) is 1. The molecule has 0 radical (unpaired) electrons. The molecule has 1 N–H and O–H groups in total. The van der Waals surface area contributed by atoms with Crippen molar-refractivity contribution in [2.45, 2.75) is 38.6 Å². The molecule has 2 aromatic heterocycles. The highest BCUT2D eigenvalue weighted by Crippen LogP contribution is 2.40. The van der Waals surface area contributed by atoms with Crippen molar-refractivity contribution in [2.75, 3.05) is 5.32 Å². The van der Waals surface area contributed by atoms with Crippen LogP contribution in [0.25, 0.3) is 11.0 Å². The summed E-state index contributed by atoms with van der Waals surface area (Å²) in [5, 5.41) is 17.5. The molecule has 0 aliphatic heterocycles. The van der Waals surface area contributed by atoms with Gasteiger partial charge in [-0.05, 0) is 51.0 Å². The number of nitrogens with zero attached hydrogens (tertiary/aromatic N) is 4. The molecule has 6 nitrogen and oxygen atoms in total. The number of aromatic nitrogens is 3. The molecule has 2 heterocycles. The van der Waals surface area contributed by atoms with E-state index in [-0.39, 0.29) is 11.9 Å². The van der Waals surface area contributed by atoms with Crippen LogP contribution in [0.4, 0.5) is 5.69 Å². The average Bonchev–Trinajstić information content (AvgIpc) is 3.41. The lowest BCUT2D eigenvalue weighted by Gasteiger charge is -2.11. The first kappa shape index (κ1) is 17.5. The van der Waals surface area contributed by atoms with Gasteiger partial charge in [-0.25, -0.2) is 9.67 Å². The largest absolute Gasteiger partial charge is 0.322 e. The van der Waals surface area contributed by atoms with Crippen LogP contribution in [-0.2, 0) is 0 Å². The SMILES string of the molecule is CC(C)n1ncc2c(C(=O)Nc3ccc(Cl)c(C#N)c3)cc(C3CC3)nc21. The number of fused-ring (bicyclic) bond motifs is 1. The van der Waals surface area contributed by atoms with E-state index in [1.54, 1.807) is 24.4 Å². The van der Waals surface area contributed by atoms with Crippen LogP contribution in [0.3, 0.4) is 0 Å². The van der Waals surface area contributed by atoms with Gasteiger partial charge in [0.15, 0.2) is 5.65 Å². The first-order valence-electron chi connectivity index (χ1n) is 8.87. The minimum absolute atomic E-state index is 0.148. The van der Waals surface area contributed by atoms with Crippen LogP contribution in [0.1, 0.15) is 60.3 Å². The average molecular weight is 380 g/mol. The highest BCUT2D eigenvalue weighted by molar-refractivity contribution is 6.31. The molecule has 1 saturated carbocycles. The highest BCUT2D eigenvalue weighted by Gasteiger charge is 2.28. The Kier molecular flexibility index (Phi) is 4.33. The first-order valence-corrected chi connectivity index (χ1v) is 9.25. The summed E-state index contributed by atoms with van der Waals surface area (Å²) in [6.45, 7) is 4.07. The summed E-state index contributed by atoms with van der Waals surface area (Å²) < 4.78 is 1.84. The van der Waals surface area contributed by atoms with Crippen molar-refractivity contribution < 1.29 is 4.79 Å². The van der Waals surface area contributed by atoms with Crippen LogP contribution in [0, 0.1) is 11.3 Å². The van der Waals surface area contributed by atoms with Crippen LogP contribution in [0.15, 0.2) is 30.5 Å². The van der Waals surface area contributed by atoms with Crippen molar-refractivity contribution in [3.63, 3.8) is 0 Å². The second-order valence-electron chi connectivity index (χ2n) is 7.05. The topological polar surface area (TPSA) is 83.6 Å². The predicted octanol–water partition coefficient (Wildman–Crippen LogP) is 4.67. The molecule has 0 saturated heterocycles. The van der Waals surface area contributed by atoms with Crippen LogP contribution in [-0.4, -0.2) is 20.7 Å². The molecule has 0 atom stereocenters. The molecule has 0 unspecified atom stereocenters. The zero-order valence-corrected chi connectivity index (χ0v) is 15.8. The smallest absolute Gasteiger partial charge is 0.256 e. The number of pyridine rings is 1. The summed E-state index contributed by atoms with van der Waals surface area (Å²) in [4.78, 5) is 17.8. The lowest BCUT2D eigenvalue weighted by molar-refractivity contribution is 0.102. The van der Waals surface area contributed by atoms with Crippen molar-refractivity contribution in [3.05, 3.63) is 52.3 Å². The van der Waals surface area contributed by atoms with Crippen molar-refractivity contribution in [1.82, 2.24) is 14.8 Å². The minimum atomic E-state index is -0.251. The maximum Gasteiger partial charge on any atom is 0.256 e. The summed E-state index contributed by atoms with van der Waals surface area (Å²) in [6.07, 6.45) is 3.88. The van der Waals surface area contributed by atoms with Gasteiger partial charge in [0, 0.05) is 23.3 Å². The molecule has 1 aliphatic rings. The molecule has 3 aromatic rings. The van der Waals surface area contributed by atoms with Crippen molar-refractivity contribution in [2.24, 2.45) is 0 Å². The number of hydrogen-bond acceptors (Lipinski definition) is 4. The molecule has 0 bridgehead atoms. The Hall–Kier alpha value is -2.91. The Morgan fingerprint density at radius 1 is 1.37 bits per heavy atom. The molecule has 4 rings (SSSR count). The number of benzene rings is 1. The lowest BCUT2D eigenvalue weighted by Crippen LogP contribution is -2.14. The molecular formula is C20H18ClN5O. The van der Waals surface area contributed by atoms with Gasteiger partial charge in [0.25, 0.3) is 5.91 Å². The molecule has 0 spiro atoms. The van der Waals surface area contributed by atoms with Gasteiger partial charge in [0.2, 0.25) is 0 Å². The van der Waals surface area contributed by atoms with E-state index in [0.29, 0.717) is 27.8 Å². The van der Waals surface area contributed by atoms with Gasteiger partial charge in [0.05, 0.1) is 27.7 Å². The second kappa shape index (κ2) is 6.67. The maximum atomic E-state index is 13.0. The third-order valence-corrected chi connectivity index (χ3v) is 4.99. The Bertz CT molecular complexity index is 1090. The normalized spacial score (nSPS) is 13.7. The first-order chi connectivity index (χ1) is 13.0. The third kappa shape index (κ3) is 3.26. The van der Waals surface area contributed by atoms with Crippen molar-refractivity contribution in [3.8, 4) is 6.07 Å². The maximum absolute atomic E-state index is 13.0. The summed E-state index contributed by atoms with van der Waals surface area (Å²) in [5.41, 5.74) is 3.05. The number of anilines is 1. The van der Waals surface area contributed by atoms with Gasteiger partial charge in [-0.1, -0.05) is 11.6 Å². The molecular weight excluding hydrogens is 362 g/mol. The number of halogens is 1. The Labute approximate surface area is 161 Å². The molecule has 1 aromatic carbocycles. The van der Waals surface area contributed by atoms with Crippen LogP contribution in [0.2, 0.25) is 5.02 Å². The summed E-state index contributed by atoms with van der Waals surface area (Å²) >= 11 is 5.97. The second-order valence-corrected chi connectivity index (χ2v) is 7.46. The minimum Gasteiger partial charge on any atom is -0.322 e. The van der Waals surface area contributed by atoms with Crippen molar-refractivity contribution >= 4 is 34.2 Å². The molecule has 7 heteroatoms. The van der Waals surface area contributed by atoms with Gasteiger partial charge in [-0.2, -0.15) is 10.4 Å². The highest BCUT2D eigenvalue weighted by atomic mass is 35.5. The Morgan fingerprint density at radius 3 is 2.81 bits per heavy atom. The van der Waals surface area contributed by atoms with Gasteiger partial charge < -0.3 is 5.32 Å². The van der Waals surface area contributed by atoms with E-state index in [2.05, 4.69) is 10.4 Å². The van der Waals surface area contributed by atoms with Crippen molar-refractivity contribution in [1.29, 1.82) is 5.26 Å². The fourth-order valence-electron chi connectivity index (χ4n) is 3.08. The zero-order valence-electron chi connectivity index (χ0n) is 15.0. The van der Waals surface area contributed by atoms with Gasteiger partial charge >= 0.3 is 0 Å². The number of carbonyl (C=O) groups is 1. The summed E-state index contributed by atoms with van der Waals surface area (Å²) in [6, 6.07) is 8.88. The van der Waals surface area contributed by atoms with Gasteiger partial charge in [-0.3, -0.25) is 4.79 Å². The fraction of sp³-hybridized carbons (Fsp3) is 0.300. The van der Waals surface area contributed by atoms with Crippen LogP contribution >= 0.6 is 11.6 Å². The van der Waals surface area contributed by atoms with E-state index < -0.39 is 0 Å². The quantitative estimate of drug-likeness (QED) is 0.714. The molecule has 1 amide bonds. The number of rotatable bonds is 4. The van der Waals surface area contributed by atoms with E-state index in [4.69, 9.17) is 21.8 Å².